The number of hydrogen-bond donors (Lipinski definition) is 1. The Balaban J connectivity index is 1.80. The molecule has 0 aliphatic carbocycles. The van der Waals surface area contributed by atoms with Crippen molar-refractivity contribution in [3.8, 4) is 0 Å². The summed E-state index contributed by atoms with van der Waals surface area (Å²) in [6.45, 7) is 8.29. The first-order valence-electron chi connectivity index (χ1n) is 7.21. The third kappa shape index (κ3) is 4.23. The minimum absolute atomic E-state index is 0.250. The van der Waals surface area contributed by atoms with Crippen LogP contribution in [0.5, 0.6) is 0 Å². The van der Waals surface area contributed by atoms with Crippen molar-refractivity contribution in [1.82, 2.24) is 4.90 Å². The fraction of sp³-hybridized carbons (Fsp3) is 0.500. The summed E-state index contributed by atoms with van der Waals surface area (Å²) in [5.74, 6) is 0. The number of nitrogens with zero attached hydrogens (tertiary/aromatic N) is 2. The number of benzene rings is 1. The number of halogens is 1. The third-order valence-corrected chi connectivity index (χ3v) is 4.06. The second-order valence-electron chi connectivity index (χ2n) is 5.26. The van der Waals surface area contributed by atoms with Gasteiger partial charge in [0.15, 0.2) is 0 Å². The highest BCUT2D eigenvalue weighted by atomic mass is 35.5. The molecule has 1 aromatic rings. The molecule has 20 heavy (non-hydrogen) atoms. The molecule has 1 unspecified atom stereocenters. The van der Waals surface area contributed by atoms with Gasteiger partial charge in [-0.05, 0) is 25.0 Å². The van der Waals surface area contributed by atoms with Crippen LogP contribution in [-0.2, 0) is 0 Å². The van der Waals surface area contributed by atoms with Gasteiger partial charge in [-0.15, -0.1) is 6.58 Å². The van der Waals surface area contributed by atoms with Gasteiger partial charge in [-0.2, -0.15) is 0 Å². The van der Waals surface area contributed by atoms with Gasteiger partial charge < -0.3 is 10.0 Å². The standard InChI is InChI=1S/C16H23ClN2O/c1-2-3-6-14(20)13-18-9-11-19(12-10-18)16-8-5-4-7-15(16)17/h2,4-5,7-8,14,20H,1,3,6,9-13H2. The lowest BCUT2D eigenvalue weighted by molar-refractivity contribution is 0.103. The van der Waals surface area contributed by atoms with Crippen LogP contribution in [0, 0.1) is 0 Å². The molecule has 0 radical (unpaired) electrons. The molecule has 0 bridgehead atoms. The van der Waals surface area contributed by atoms with Crippen molar-refractivity contribution in [2.24, 2.45) is 0 Å². The van der Waals surface area contributed by atoms with E-state index < -0.39 is 0 Å². The van der Waals surface area contributed by atoms with Crippen LogP contribution in [0.15, 0.2) is 36.9 Å². The van der Waals surface area contributed by atoms with Gasteiger partial charge >= 0.3 is 0 Å². The van der Waals surface area contributed by atoms with E-state index in [2.05, 4.69) is 22.4 Å². The van der Waals surface area contributed by atoms with Gasteiger partial charge in [-0.3, -0.25) is 4.90 Å². The zero-order valence-electron chi connectivity index (χ0n) is 11.8. The molecule has 0 spiro atoms. The highest BCUT2D eigenvalue weighted by Crippen LogP contribution is 2.26. The molecule has 1 fully saturated rings. The molecule has 0 amide bonds. The van der Waals surface area contributed by atoms with Crippen LogP contribution in [0.25, 0.3) is 0 Å². The fourth-order valence-electron chi connectivity index (χ4n) is 2.58. The van der Waals surface area contributed by atoms with Crippen molar-refractivity contribution in [3.05, 3.63) is 41.9 Å². The maximum atomic E-state index is 9.94. The highest BCUT2D eigenvalue weighted by molar-refractivity contribution is 6.33. The zero-order valence-corrected chi connectivity index (χ0v) is 12.6. The van der Waals surface area contributed by atoms with Crippen molar-refractivity contribution in [3.63, 3.8) is 0 Å². The largest absolute Gasteiger partial charge is 0.392 e. The molecule has 4 heteroatoms. The lowest BCUT2D eigenvalue weighted by Gasteiger charge is -2.37. The first-order chi connectivity index (χ1) is 9.70. The van der Waals surface area contributed by atoms with Gasteiger partial charge in [0.2, 0.25) is 0 Å². The maximum absolute atomic E-state index is 9.94. The monoisotopic (exact) mass is 294 g/mol. The van der Waals surface area contributed by atoms with E-state index in [1.165, 1.54) is 0 Å². The van der Waals surface area contributed by atoms with Crippen molar-refractivity contribution in [1.29, 1.82) is 0 Å². The summed E-state index contributed by atoms with van der Waals surface area (Å²) in [6.07, 6.45) is 3.29. The first kappa shape index (κ1) is 15.4. The number of β-amino-alcohol motifs (C(OH)–C–C–N with tert-alkyl or cyclic N) is 1. The SMILES string of the molecule is C=CCCC(O)CN1CCN(c2ccccc2Cl)CC1. The Labute approximate surface area is 126 Å². The van der Waals surface area contributed by atoms with E-state index in [9.17, 15) is 5.11 Å². The Morgan fingerprint density at radius 1 is 1.25 bits per heavy atom. The minimum Gasteiger partial charge on any atom is -0.392 e. The normalized spacial score (nSPS) is 18.0. The van der Waals surface area contributed by atoms with Crippen molar-refractivity contribution in [2.75, 3.05) is 37.6 Å². The van der Waals surface area contributed by atoms with Crippen LogP contribution in [0.4, 0.5) is 5.69 Å². The second kappa shape index (κ2) is 7.67. The lowest BCUT2D eigenvalue weighted by atomic mass is 10.1. The molecule has 1 aliphatic heterocycles. The van der Waals surface area contributed by atoms with E-state index in [1.807, 2.05) is 24.3 Å². The summed E-state index contributed by atoms with van der Waals surface area (Å²) in [5.41, 5.74) is 1.11. The molecule has 1 N–H and O–H groups in total. The van der Waals surface area contributed by atoms with Crippen molar-refractivity contribution >= 4 is 17.3 Å². The quantitative estimate of drug-likeness (QED) is 0.817. The van der Waals surface area contributed by atoms with Gasteiger partial charge in [0.25, 0.3) is 0 Å². The number of para-hydroxylation sites is 1. The van der Waals surface area contributed by atoms with E-state index in [1.54, 1.807) is 0 Å². The van der Waals surface area contributed by atoms with E-state index in [4.69, 9.17) is 11.6 Å². The van der Waals surface area contributed by atoms with Gasteiger partial charge in [-0.1, -0.05) is 29.8 Å². The summed E-state index contributed by atoms with van der Waals surface area (Å²) < 4.78 is 0. The number of anilines is 1. The smallest absolute Gasteiger partial charge is 0.0670 e. The number of rotatable bonds is 6. The Hall–Kier alpha value is -1.03. The van der Waals surface area contributed by atoms with Gasteiger partial charge in [0.1, 0.15) is 0 Å². The Kier molecular flexibility index (Phi) is 5.89. The minimum atomic E-state index is -0.250. The molecule has 1 aliphatic rings. The van der Waals surface area contributed by atoms with Crippen molar-refractivity contribution in [2.45, 2.75) is 18.9 Å². The Morgan fingerprint density at radius 2 is 1.95 bits per heavy atom. The van der Waals surface area contributed by atoms with Gasteiger partial charge in [-0.25, -0.2) is 0 Å². The van der Waals surface area contributed by atoms with Gasteiger partial charge in [0.05, 0.1) is 16.8 Å². The summed E-state index contributed by atoms with van der Waals surface area (Å²) in [4.78, 5) is 4.63. The molecule has 1 saturated heterocycles. The van der Waals surface area contributed by atoms with Crippen LogP contribution < -0.4 is 4.90 Å². The summed E-state index contributed by atoms with van der Waals surface area (Å²) >= 11 is 6.23. The molecule has 0 aromatic heterocycles. The number of allylic oxidation sites excluding steroid dienone is 1. The van der Waals surface area contributed by atoms with Crippen LogP contribution in [0.1, 0.15) is 12.8 Å². The molecule has 3 nitrogen and oxygen atoms in total. The van der Waals surface area contributed by atoms with Crippen LogP contribution in [0.2, 0.25) is 5.02 Å². The first-order valence-corrected chi connectivity index (χ1v) is 7.59. The molecule has 1 aromatic carbocycles. The van der Waals surface area contributed by atoms with Crippen LogP contribution in [0.3, 0.4) is 0 Å². The second-order valence-corrected chi connectivity index (χ2v) is 5.67. The fourth-order valence-corrected chi connectivity index (χ4v) is 2.83. The number of piperazine rings is 1. The Morgan fingerprint density at radius 3 is 2.60 bits per heavy atom. The van der Waals surface area contributed by atoms with Crippen molar-refractivity contribution < 1.29 is 5.11 Å². The average molecular weight is 295 g/mol. The number of aliphatic hydroxyl groups excluding tert-OH is 1. The molecule has 110 valence electrons. The molecule has 2 rings (SSSR count). The molecule has 1 atom stereocenters. The molecule has 1 heterocycles. The molecular weight excluding hydrogens is 272 g/mol. The number of aliphatic hydroxyl groups is 1. The summed E-state index contributed by atoms with van der Waals surface area (Å²) in [6, 6.07) is 7.98. The average Bonchev–Trinajstić information content (AvgIpc) is 2.47. The molecule has 0 saturated carbocycles. The highest BCUT2D eigenvalue weighted by Gasteiger charge is 2.20. The topological polar surface area (TPSA) is 26.7 Å². The predicted octanol–water partition coefficient (Wildman–Crippen LogP) is 2.79. The van der Waals surface area contributed by atoms with E-state index in [-0.39, 0.29) is 6.10 Å². The van der Waals surface area contributed by atoms with Crippen LogP contribution in [-0.4, -0.2) is 48.8 Å². The maximum Gasteiger partial charge on any atom is 0.0670 e. The van der Waals surface area contributed by atoms with E-state index >= 15 is 0 Å². The summed E-state index contributed by atoms with van der Waals surface area (Å²) in [7, 11) is 0. The zero-order chi connectivity index (χ0) is 14.4. The predicted molar refractivity (Wildman–Crippen MR) is 85.5 cm³/mol. The van der Waals surface area contributed by atoms with E-state index in [0.29, 0.717) is 0 Å². The lowest BCUT2D eigenvalue weighted by Crippen LogP contribution is -2.48. The Bertz CT molecular complexity index is 430. The van der Waals surface area contributed by atoms with Crippen LogP contribution >= 0.6 is 11.6 Å². The van der Waals surface area contributed by atoms with Gasteiger partial charge in [0, 0.05) is 32.7 Å². The summed E-state index contributed by atoms with van der Waals surface area (Å²) in [5, 5.41) is 10.7. The van der Waals surface area contributed by atoms with E-state index in [0.717, 1.165) is 56.3 Å². The number of hydrogen-bond acceptors (Lipinski definition) is 3. The molecular formula is C16H23ClN2O. The third-order valence-electron chi connectivity index (χ3n) is 3.74.